The van der Waals surface area contributed by atoms with Crippen molar-refractivity contribution >= 4 is 35.0 Å². The van der Waals surface area contributed by atoms with Gasteiger partial charge in [-0.2, -0.15) is 4.31 Å². The van der Waals surface area contributed by atoms with Gasteiger partial charge < -0.3 is 39.4 Å². The van der Waals surface area contributed by atoms with Crippen molar-refractivity contribution in [3.63, 3.8) is 0 Å². The highest BCUT2D eigenvalue weighted by atomic mass is 32.2. The summed E-state index contributed by atoms with van der Waals surface area (Å²) in [5.74, 6) is -1.11. The molecular formula is C32H46N3O13PS. The molecule has 16 nitrogen and oxygen atoms in total. The molecule has 2 aromatic carbocycles. The molecule has 4 rings (SSSR count). The topological polar surface area (TPSA) is 211 Å². The number of fused-ring (bicyclic) bond motifs is 1. The van der Waals surface area contributed by atoms with Crippen molar-refractivity contribution < 1.29 is 61.1 Å². The number of benzene rings is 2. The van der Waals surface area contributed by atoms with Crippen molar-refractivity contribution in [1.29, 1.82) is 0 Å². The average molecular weight is 744 g/mol. The quantitative estimate of drug-likeness (QED) is 0.160. The van der Waals surface area contributed by atoms with Gasteiger partial charge in [0.25, 0.3) is 0 Å². The molecule has 50 heavy (non-hydrogen) atoms. The predicted octanol–water partition coefficient (Wildman–Crippen LogP) is 1.60. The van der Waals surface area contributed by atoms with E-state index in [0.717, 1.165) is 0 Å². The lowest BCUT2D eigenvalue weighted by molar-refractivity contribution is -0.139. The molecule has 278 valence electrons. The van der Waals surface area contributed by atoms with E-state index in [0.29, 0.717) is 24.3 Å². The van der Waals surface area contributed by atoms with Gasteiger partial charge in [-0.1, -0.05) is 26.0 Å². The number of alkyl carbamates (subject to hydrolysis) is 1. The number of carboxylic acids is 1. The number of carbonyl (C=O) groups is 2. The first kappa shape index (κ1) is 39.7. The molecule has 1 amide bonds. The zero-order valence-electron chi connectivity index (χ0n) is 28.4. The Morgan fingerprint density at radius 1 is 1.06 bits per heavy atom. The number of carboxylic acid groups (broad SMARTS) is 1. The second-order valence-corrected chi connectivity index (χ2v) is 16.5. The molecule has 0 spiro atoms. The Balaban J connectivity index is 1.50. The summed E-state index contributed by atoms with van der Waals surface area (Å²) in [4.78, 5) is 35.9. The van der Waals surface area contributed by atoms with Crippen molar-refractivity contribution in [1.82, 2.24) is 14.5 Å². The van der Waals surface area contributed by atoms with Gasteiger partial charge in [-0.15, -0.1) is 0 Å². The number of aliphatic hydroxyl groups excluding tert-OH is 1. The highest BCUT2D eigenvalue weighted by molar-refractivity contribution is 7.89. The predicted molar refractivity (Wildman–Crippen MR) is 179 cm³/mol. The molecule has 2 heterocycles. The number of ether oxygens (including phenoxy) is 4. The van der Waals surface area contributed by atoms with Crippen molar-refractivity contribution in [2.75, 3.05) is 53.6 Å². The van der Waals surface area contributed by atoms with Crippen LogP contribution in [0.4, 0.5) is 4.79 Å². The summed E-state index contributed by atoms with van der Waals surface area (Å²) in [5.41, 5.74) is 0.684. The Morgan fingerprint density at radius 2 is 1.74 bits per heavy atom. The molecule has 2 aliphatic rings. The summed E-state index contributed by atoms with van der Waals surface area (Å²) in [7, 11) is -5.22. The first-order valence-corrected chi connectivity index (χ1v) is 19.1. The van der Waals surface area contributed by atoms with Crippen LogP contribution in [0.15, 0.2) is 53.4 Å². The molecule has 18 heteroatoms. The van der Waals surface area contributed by atoms with E-state index in [4.69, 9.17) is 24.1 Å². The van der Waals surface area contributed by atoms with Crippen LogP contribution in [0.1, 0.15) is 25.8 Å². The van der Waals surface area contributed by atoms with Gasteiger partial charge in [0.15, 0.2) is 12.9 Å². The van der Waals surface area contributed by atoms with Gasteiger partial charge in [-0.05, 0) is 61.3 Å². The standard InChI is InChI=1S/C32H46N3O13PS/c1-21(2)15-35(50(42,43)25-11-7-23(44-4)8-12-25)18-28(36)27(33-32(39)48-29-19-46-31-26(29)13-14-45-31)17-34(3)16-22-5-9-24(10-6-22)49(40,41)47-20-30(37)38/h5-12,21,26-29,31,36H,13-20H2,1-4H3,(H,33,39)(H,37,38)(H,40,41)/t26-,27-,28+,29-,31+/m0/s1. The van der Waals surface area contributed by atoms with E-state index < -0.39 is 60.8 Å². The first-order chi connectivity index (χ1) is 23.6. The molecule has 0 saturated carbocycles. The number of aliphatic hydroxyl groups is 1. The summed E-state index contributed by atoms with van der Waals surface area (Å²) in [5, 5.41) is 23.0. The lowest BCUT2D eigenvalue weighted by atomic mass is 10.0. The van der Waals surface area contributed by atoms with Crippen LogP contribution in [-0.2, 0) is 44.7 Å². The van der Waals surface area contributed by atoms with Crippen LogP contribution in [0, 0.1) is 11.8 Å². The molecule has 0 bridgehead atoms. The third kappa shape index (κ3) is 10.7. The summed E-state index contributed by atoms with van der Waals surface area (Å²) in [6, 6.07) is 10.8. The van der Waals surface area contributed by atoms with E-state index in [9.17, 15) is 32.6 Å². The summed E-state index contributed by atoms with van der Waals surface area (Å²) in [6.45, 7) is 3.48. The first-order valence-electron chi connectivity index (χ1n) is 16.1. The van der Waals surface area contributed by atoms with Gasteiger partial charge >= 0.3 is 19.7 Å². The summed E-state index contributed by atoms with van der Waals surface area (Å²) < 4.78 is 67.7. The van der Waals surface area contributed by atoms with E-state index in [-0.39, 0.29) is 54.8 Å². The minimum absolute atomic E-state index is 0.0194. The van der Waals surface area contributed by atoms with Gasteiger partial charge in [0.2, 0.25) is 10.0 Å². The third-order valence-corrected chi connectivity index (χ3v) is 11.5. The van der Waals surface area contributed by atoms with E-state index >= 15 is 0 Å². The second-order valence-electron chi connectivity index (χ2n) is 12.7. The molecule has 2 aromatic rings. The van der Waals surface area contributed by atoms with Gasteiger partial charge in [0.1, 0.15) is 11.9 Å². The Labute approximate surface area is 291 Å². The molecule has 0 aromatic heterocycles. The maximum Gasteiger partial charge on any atom is 0.407 e. The highest BCUT2D eigenvalue weighted by Crippen LogP contribution is 2.40. The Hall–Kier alpha value is -3.12. The molecule has 0 radical (unpaired) electrons. The van der Waals surface area contributed by atoms with Crippen molar-refractivity contribution in [3.8, 4) is 5.75 Å². The van der Waals surface area contributed by atoms with Gasteiger partial charge in [-0.3, -0.25) is 14.0 Å². The number of hydrogen-bond acceptors (Lipinski definition) is 12. The fraction of sp³-hybridized carbons (Fsp3) is 0.562. The highest BCUT2D eigenvalue weighted by Gasteiger charge is 2.44. The van der Waals surface area contributed by atoms with Crippen molar-refractivity contribution in [2.24, 2.45) is 11.8 Å². The van der Waals surface area contributed by atoms with Crippen LogP contribution in [0.5, 0.6) is 5.75 Å². The number of carbonyl (C=O) groups excluding carboxylic acids is 1. The minimum atomic E-state index is -4.35. The third-order valence-electron chi connectivity index (χ3n) is 8.25. The van der Waals surface area contributed by atoms with Crippen molar-refractivity contribution in [3.05, 3.63) is 54.1 Å². The second kappa shape index (κ2) is 17.4. The largest absolute Gasteiger partial charge is 0.497 e. The lowest BCUT2D eigenvalue weighted by Gasteiger charge is -2.32. The Morgan fingerprint density at radius 3 is 2.36 bits per heavy atom. The zero-order valence-corrected chi connectivity index (χ0v) is 30.1. The lowest BCUT2D eigenvalue weighted by Crippen LogP contribution is -2.54. The van der Waals surface area contributed by atoms with Crippen LogP contribution >= 0.6 is 7.60 Å². The number of rotatable bonds is 18. The molecule has 4 N–H and O–H groups in total. The molecular weight excluding hydrogens is 697 g/mol. The minimum Gasteiger partial charge on any atom is -0.497 e. The summed E-state index contributed by atoms with van der Waals surface area (Å²) in [6.07, 6.45) is -2.51. The van der Waals surface area contributed by atoms with Crippen LogP contribution in [0.25, 0.3) is 0 Å². The molecule has 6 atom stereocenters. The van der Waals surface area contributed by atoms with Crippen LogP contribution in [0.3, 0.4) is 0 Å². The van der Waals surface area contributed by atoms with Crippen LogP contribution < -0.4 is 15.4 Å². The smallest absolute Gasteiger partial charge is 0.407 e. The number of sulfonamides is 1. The van der Waals surface area contributed by atoms with Gasteiger partial charge in [-0.25, -0.2) is 18.0 Å². The van der Waals surface area contributed by atoms with Gasteiger partial charge in [0.05, 0.1) is 48.6 Å². The molecule has 2 saturated heterocycles. The fourth-order valence-electron chi connectivity index (χ4n) is 5.76. The normalized spacial score (nSPS) is 21.5. The van der Waals surface area contributed by atoms with E-state index in [1.165, 1.54) is 47.8 Å². The monoisotopic (exact) mass is 743 g/mol. The van der Waals surface area contributed by atoms with E-state index in [1.807, 2.05) is 13.8 Å². The average Bonchev–Trinajstić information content (AvgIpc) is 3.68. The number of nitrogens with one attached hydrogen (secondary N) is 1. The van der Waals surface area contributed by atoms with Crippen LogP contribution in [0.2, 0.25) is 0 Å². The summed E-state index contributed by atoms with van der Waals surface area (Å²) >= 11 is 0. The fourth-order valence-corrected chi connectivity index (χ4v) is 8.35. The number of amides is 1. The Bertz CT molecular complexity index is 1590. The maximum absolute atomic E-state index is 13.8. The molecule has 0 aliphatic carbocycles. The number of hydrogen-bond donors (Lipinski definition) is 4. The molecule has 2 aliphatic heterocycles. The maximum atomic E-state index is 13.8. The molecule has 1 unspecified atom stereocenters. The number of aliphatic carboxylic acids is 1. The Kier molecular flexibility index (Phi) is 13.8. The van der Waals surface area contributed by atoms with Crippen LogP contribution in [-0.4, -0.2) is 123 Å². The number of likely N-dealkylation sites (N-methyl/N-ethyl adjacent to an activating group) is 1. The zero-order chi connectivity index (χ0) is 36.6. The van der Waals surface area contributed by atoms with Crippen molar-refractivity contribution in [2.45, 2.75) is 56.2 Å². The van der Waals surface area contributed by atoms with Gasteiger partial charge in [0, 0.05) is 26.2 Å². The SMILES string of the molecule is COc1ccc(S(=O)(=O)N(CC(C)C)C[C@@H](O)[C@H](CN(C)Cc2ccc(P(=O)(O)OCC(=O)O)cc2)NC(=O)O[C@H]2CO[C@H]3OCC[C@H]32)cc1. The van der Waals surface area contributed by atoms with E-state index in [2.05, 4.69) is 9.84 Å². The number of methoxy groups -OCH3 is 1. The molecule has 2 fully saturated rings. The number of nitrogens with zero attached hydrogens (tertiary/aromatic N) is 2. The van der Waals surface area contributed by atoms with E-state index in [1.54, 1.807) is 24.1 Å².